The molecule has 0 spiro atoms. The van der Waals surface area contributed by atoms with Gasteiger partial charge in [-0.25, -0.2) is 9.50 Å². The quantitative estimate of drug-likeness (QED) is 0.222. The van der Waals surface area contributed by atoms with E-state index in [-0.39, 0.29) is 24.4 Å². The summed E-state index contributed by atoms with van der Waals surface area (Å²) in [4.78, 5) is 42.5. The molecule has 0 bridgehead atoms. The minimum absolute atomic E-state index is 0.0105. The van der Waals surface area contributed by atoms with Crippen molar-refractivity contribution in [2.45, 2.75) is 25.4 Å². The third kappa shape index (κ3) is 5.54. The lowest BCUT2D eigenvalue weighted by atomic mass is 10.1. The van der Waals surface area contributed by atoms with Crippen molar-refractivity contribution < 1.29 is 14.3 Å². The van der Waals surface area contributed by atoms with Crippen molar-refractivity contribution in [1.29, 1.82) is 0 Å². The minimum atomic E-state index is -0.137. The van der Waals surface area contributed by atoms with Crippen LogP contribution in [0.15, 0.2) is 60.8 Å². The summed E-state index contributed by atoms with van der Waals surface area (Å²) in [6.07, 6.45) is 3.42. The highest BCUT2D eigenvalue weighted by Crippen LogP contribution is 2.25. The van der Waals surface area contributed by atoms with Gasteiger partial charge in [-0.05, 0) is 49.2 Å². The highest BCUT2D eigenvalue weighted by Gasteiger charge is 2.26. The van der Waals surface area contributed by atoms with E-state index in [9.17, 15) is 9.59 Å². The lowest BCUT2D eigenvalue weighted by Gasteiger charge is -2.33. The zero-order chi connectivity index (χ0) is 30.0. The van der Waals surface area contributed by atoms with Crippen molar-refractivity contribution in [3.8, 4) is 0 Å². The van der Waals surface area contributed by atoms with Gasteiger partial charge in [-0.2, -0.15) is 4.98 Å². The number of morpholine rings is 1. The van der Waals surface area contributed by atoms with E-state index in [4.69, 9.17) is 20.6 Å². The van der Waals surface area contributed by atoms with E-state index in [2.05, 4.69) is 25.5 Å². The number of ether oxygens (including phenoxy) is 1. The molecule has 226 valence electrons. The number of nitrogens with zero attached hydrogens (tertiary/aromatic N) is 6. The average molecular weight is 595 g/mol. The molecule has 0 unspecified atom stereocenters. The maximum atomic E-state index is 13.1. The van der Waals surface area contributed by atoms with Crippen LogP contribution in [0.25, 0.3) is 16.6 Å². The molecule has 2 amide bonds. The van der Waals surface area contributed by atoms with Crippen LogP contribution in [-0.4, -0.2) is 86.7 Å². The van der Waals surface area contributed by atoms with E-state index in [1.165, 1.54) is 0 Å². The predicted octanol–water partition coefficient (Wildman–Crippen LogP) is 2.68. The second-order valence-corrected chi connectivity index (χ2v) is 11.1. The van der Waals surface area contributed by atoms with E-state index in [0.717, 1.165) is 41.7 Å². The van der Waals surface area contributed by atoms with E-state index in [1.54, 1.807) is 27.7 Å². The normalized spacial score (nSPS) is 17.2. The van der Waals surface area contributed by atoms with Gasteiger partial charge in [0.1, 0.15) is 5.69 Å². The third-order valence-electron chi connectivity index (χ3n) is 8.14. The number of H-pyrrole nitrogens is 1. The smallest absolute Gasteiger partial charge is 0.268 e. The first-order valence-electron chi connectivity index (χ1n) is 14.9. The molecule has 1 atom stereocenters. The molecule has 3 aromatic heterocycles. The number of aromatic amines is 1. The fourth-order valence-electron chi connectivity index (χ4n) is 5.79. The van der Waals surface area contributed by atoms with Crippen LogP contribution in [0.3, 0.4) is 0 Å². The number of benzene rings is 2. The second-order valence-electron chi connectivity index (χ2n) is 11.1. The van der Waals surface area contributed by atoms with E-state index in [0.29, 0.717) is 61.5 Å². The number of piperidine rings is 1. The molecule has 2 saturated heterocycles. The maximum absolute atomic E-state index is 13.1. The molecule has 44 heavy (non-hydrogen) atoms. The molecule has 5 aromatic rings. The van der Waals surface area contributed by atoms with Crippen LogP contribution in [0.4, 0.5) is 17.5 Å². The number of nitrogens with one attached hydrogen (secondary N) is 3. The Bertz CT molecular complexity index is 1780. The van der Waals surface area contributed by atoms with Gasteiger partial charge < -0.3 is 35.9 Å². The average Bonchev–Trinajstić information content (AvgIpc) is 3.70. The number of rotatable bonds is 7. The number of hydrogen-bond acceptors (Lipinski definition) is 9. The molecule has 13 nitrogen and oxygen atoms in total. The first-order chi connectivity index (χ1) is 21.6. The highest BCUT2D eigenvalue weighted by molar-refractivity contribution is 5.98. The van der Waals surface area contributed by atoms with Gasteiger partial charge >= 0.3 is 0 Å². The molecule has 2 aliphatic heterocycles. The van der Waals surface area contributed by atoms with Gasteiger partial charge in [0, 0.05) is 60.9 Å². The number of hydrogen-bond donors (Lipinski definition) is 4. The molecule has 0 saturated carbocycles. The van der Waals surface area contributed by atoms with Crippen molar-refractivity contribution >= 4 is 45.8 Å². The Kier molecular flexibility index (Phi) is 7.54. The number of para-hydroxylation sites is 1. The standard InChI is InChI=1S/C31H34N10O3/c32-17-24-18-33-28-27(34-22-9-7-20(8-10-22)30(43)39-12-14-44-15-13-39)37-31(38-41(24)28)40-11-3-5-23(19-40)35-29(42)26-16-21-4-1-2-6-25(21)36-26/h1-2,4,6-10,16,18,23,36H,3,5,11-15,17,19,32H2,(H,35,42)(H,34,37,38)/t23-/m1/s1. The summed E-state index contributed by atoms with van der Waals surface area (Å²) < 4.78 is 7.08. The summed E-state index contributed by atoms with van der Waals surface area (Å²) in [7, 11) is 0. The number of carbonyl (C=O) groups is 2. The topological polar surface area (TPSA) is 159 Å². The van der Waals surface area contributed by atoms with Crippen LogP contribution >= 0.6 is 0 Å². The van der Waals surface area contributed by atoms with Gasteiger partial charge in [-0.3, -0.25) is 9.59 Å². The van der Waals surface area contributed by atoms with Crippen molar-refractivity contribution in [3.63, 3.8) is 0 Å². The fourth-order valence-corrected chi connectivity index (χ4v) is 5.79. The molecule has 5 heterocycles. The molecule has 2 fully saturated rings. The number of carbonyl (C=O) groups excluding carboxylic acids is 2. The number of aromatic nitrogens is 5. The first-order valence-corrected chi connectivity index (χ1v) is 14.9. The molecular formula is C31H34N10O3. The van der Waals surface area contributed by atoms with Gasteiger partial charge in [0.15, 0.2) is 11.5 Å². The summed E-state index contributed by atoms with van der Waals surface area (Å²) in [5, 5.41) is 12.3. The molecule has 7 rings (SSSR count). The number of fused-ring (bicyclic) bond motifs is 2. The second kappa shape index (κ2) is 11.9. The van der Waals surface area contributed by atoms with Gasteiger partial charge in [0.25, 0.3) is 11.8 Å². The summed E-state index contributed by atoms with van der Waals surface area (Å²) in [6.45, 7) is 3.86. The zero-order valence-corrected chi connectivity index (χ0v) is 24.2. The van der Waals surface area contributed by atoms with Crippen LogP contribution in [0.5, 0.6) is 0 Å². The lowest BCUT2D eigenvalue weighted by molar-refractivity contribution is 0.0303. The first kappa shape index (κ1) is 27.8. The molecule has 2 aliphatic rings. The molecule has 13 heteroatoms. The van der Waals surface area contributed by atoms with Crippen molar-refractivity contribution in [2.24, 2.45) is 5.73 Å². The Morgan fingerprint density at radius 3 is 2.68 bits per heavy atom. The SMILES string of the molecule is NCc1cnc2c(Nc3ccc(C(=O)N4CCOCC4)cc3)nc(N3CCC[C@@H](NC(=O)c4cc5ccccc5[nH]4)C3)nn12. The maximum Gasteiger partial charge on any atom is 0.268 e. The van der Waals surface area contributed by atoms with Gasteiger partial charge in [0.2, 0.25) is 5.95 Å². The monoisotopic (exact) mass is 594 g/mol. The Morgan fingerprint density at radius 1 is 1.07 bits per heavy atom. The highest BCUT2D eigenvalue weighted by atomic mass is 16.5. The van der Waals surface area contributed by atoms with Gasteiger partial charge in [-0.1, -0.05) is 18.2 Å². The van der Waals surface area contributed by atoms with Crippen LogP contribution in [-0.2, 0) is 11.3 Å². The van der Waals surface area contributed by atoms with Crippen molar-refractivity contribution in [2.75, 3.05) is 49.6 Å². The Labute approximate surface area is 253 Å². The van der Waals surface area contributed by atoms with E-state index < -0.39 is 0 Å². The Hall–Kier alpha value is -5.01. The minimum Gasteiger partial charge on any atom is -0.378 e. The Morgan fingerprint density at radius 2 is 1.89 bits per heavy atom. The summed E-state index contributed by atoms with van der Waals surface area (Å²) in [5.41, 5.74) is 10.1. The summed E-state index contributed by atoms with van der Waals surface area (Å²) >= 11 is 0. The molecule has 5 N–H and O–H groups in total. The van der Waals surface area contributed by atoms with Crippen LogP contribution in [0.1, 0.15) is 39.4 Å². The number of nitrogens with two attached hydrogens (primary N) is 1. The number of amides is 2. The largest absolute Gasteiger partial charge is 0.378 e. The fraction of sp³-hybridized carbons (Fsp3) is 0.323. The predicted molar refractivity (Wildman–Crippen MR) is 166 cm³/mol. The summed E-state index contributed by atoms with van der Waals surface area (Å²) in [6, 6.07) is 17.0. The van der Waals surface area contributed by atoms with E-state index >= 15 is 0 Å². The molecule has 0 radical (unpaired) electrons. The Balaban J connectivity index is 1.10. The van der Waals surface area contributed by atoms with Gasteiger partial charge in [-0.15, -0.1) is 5.10 Å². The van der Waals surface area contributed by atoms with Crippen LogP contribution in [0, 0.1) is 0 Å². The zero-order valence-electron chi connectivity index (χ0n) is 24.2. The lowest BCUT2D eigenvalue weighted by Crippen LogP contribution is -2.48. The van der Waals surface area contributed by atoms with Crippen LogP contribution in [0.2, 0.25) is 0 Å². The van der Waals surface area contributed by atoms with Crippen LogP contribution < -0.4 is 21.3 Å². The third-order valence-corrected chi connectivity index (χ3v) is 8.14. The molecular weight excluding hydrogens is 560 g/mol. The number of imidazole rings is 1. The summed E-state index contributed by atoms with van der Waals surface area (Å²) in [5.74, 6) is 0.883. The van der Waals surface area contributed by atoms with Crippen molar-refractivity contribution in [3.05, 3.63) is 77.7 Å². The molecule has 0 aliphatic carbocycles. The van der Waals surface area contributed by atoms with Gasteiger partial charge in [0.05, 0.1) is 25.1 Å². The molecule has 2 aromatic carbocycles. The number of anilines is 3. The van der Waals surface area contributed by atoms with Crippen molar-refractivity contribution in [1.82, 2.24) is 34.8 Å². The van der Waals surface area contributed by atoms with E-state index in [1.807, 2.05) is 42.5 Å².